The van der Waals surface area contributed by atoms with Crippen LogP contribution in [0.1, 0.15) is 17.3 Å². The summed E-state index contributed by atoms with van der Waals surface area (Å²) >= 11 is 0. The highest BCUT2D eigenvalue weighted by Gasteiger charge is 2.39. The van der Waals surface area contributed by atoms with Crippen LogP contribution in [-0.2, 0) is 17.3 Å². The molecule has 1 aromatic carbocycles. The molecule has 0 bridgehead atoms. The van der Waals surface area contributed by atoms with Crippen LogP contribution in [0.2, 0.25) is 0 Å². The molecule has 8 nitrogen and oxygen atoms in total. The maximum Gasteiger partial charge on any atom is 0.416 e. The van der Waals surface area contributed by atoms with Gasteiger partial charge < -0.3 is 15.2 Å². The van der Waals surface area contributed by atoms with Gasteiger partial charge in [0, 0.05) is 45.2 Å². The third-order valence-corrected chi connectivity index (χ3v) is 7.29. The lowest BCUT2D eigenvalue weighted by atomic mass is 10.1. The fourth-order valence-electron chi connectivity index (χ4n) is 3.37. The van der Waals surface area contributed by atoms with Crippen molar-refractivity contribution in [1.29, 1.82) is 0 Å². The lowest BCUT2D eigenvalue weighted by Crippen LogP contribution is -2.58. The first-order valence-electron chi connectivity index (χ1n) is 10.5. The first kappa shape index (κ1) is 27.6. The summed E-state index contributed by atoms with van der Waals surface area (Å²) in [5.74, 6) is 1.47. The Labute approximate surface area is 204 Å². The Balaban J connectivity index is 0.000000383. The van der Waals surface area contributed by atoms with Gasteiger partial charge in [0.25, 0.3) is 0 Å². The summed E-state index contributed by atoms with van der Waals surface area (Å²) in [5, 5.41) is 16.5. The van der Waals surface area contributed by atoms with Gasteiger partial charge in [-0.25, -0.2) is 0 Å². The molecule has 0 radical (unpaired) electrons. The van der Waals surface area contributed by atoms with E-state index in [4.69, 9.17) is 0 Å². The largest absolute Gasteiger partial charge is 0.435 e. The number of aliphatic hydroxyl groups excluding tert-OH is 1. The van der Waals surface area contributed by atoms with Crippen molar-refractivity contribution in [3.8, 4) is 17.0 Å². The molecule has 1 aliphatic heterocycles. The van der Waals surface area contributed by atoms with Crippen LogP contribution in [-0.4, -0.2) is 73.4 Å². The second kappa shape index (κ2) is 11.0. The van der Waals surface area contributed by atoms with Crippen LogP contribution < -0.4 is 10.1 Å². The minimum Gasteiger partial charge on any atom is -0.435 e. The van der Waals surface area contributed by atoms with Crippen molar-refractivity contribution in [1.82, 2.24) is 20.1 Å². The van der Waals surface area contributed by atoms with E-state index in [0.29, 0.717) is 6.29 Å². The molecule has 1 saturated heterocycles. The van der Waals surface area contributed by atoms with Crippen LogP contribution in [0.25, 0.3) is 22.3 Å². The molecule has 4 rings (SSSR count). The quantitative estimate of drug-likeness (QED) is 0.354. The van der Waals surface area contributed by atoms with Crippen molar-refractivity contribution in [3.63, 3.8) is 0 Å². The number of aromatic nitrogens is 3. The molecule has 2 N–H and O–H groups in total. The topological polar surface area (TPSA) is 106 Å². The first-order valence-corrected chi connectivity index (χ1v) is 12.0. The van der Waals surface area contributed by atoms with Gasteiger partial charge in [-0.3, -0.25) is 18.7 Å². The Morgan fingerprint density at radius 2 is 2.00 bits per heavy atom. The van der Waals surface area contributed by atoms with Crippen LogP contribution in [0.5, 0.6) is 5.75 Å². The van der Waals surface area contributed by atoms with Crippen LogP contribution in [0.4, 0.5) is 22.0 Å². The molecule has 1 atom stereocenters. The smallest absolute Gasteiger partial charge is 0.416 e. The first-order chi connectivity index (χ1) is 16.8. The third-order valence-electron chi connectivity index (χ3n) is 5.37. The number of ether oxygens (including phenoxy) is 1. The molecule has 1 fully saturated rings. The predicted octanol–water partition coefficient (Wildman–Crippen LogP) is 3.16. The molecule has 1 unspecified atom stereocenters. The normalized spacial score (nSPS) is 20.4. The molecule has 0 aliphatic carbocycles. The number of halogens is 5. The highest BCUT2D eigenvalue weighted by atomic mass is 32.2. The molecule has 0 spiro atoms. The number of aldehydes is 1. The van der Waals surface area contributed by atoms with Gasteiger partial charge in [0.2, 0.25) is 0 Å². The summed E-state index contributed by atoms with van der Waals surface area (Å²) in [5.41, 5.74) is 0.829. The number of nitrogens with zero attached hydrogens (tertiary/aromatic N) is 3. The number of hydrogen-bond donors (Lipinski definition) is 2. The zero-order valence-corrected chi connectivity index (χ0v) is 19.9. The third kappa shape index (κ3) is 6.62. The van der Waals surface area contributed by atoms with Crippen molar-refractivity contribution >= 4 is 28.1 Å². The van der Waals surface area contributed by atoms with Gasteiger partial charge in [-0.2, -0.15) is 27.1 Å². The van der Waals surface area contributed by atoms with Crippen molar-refractivity contribution in [2.24, 2.45) is 0 Å². The van der Waals surface area contributed by atoms with Crippen LogP contribution in [0.15, 0.2) is 36.5 Å². The average molecular weight is 535 g/mol. The molecule has 3 heterocycles. The Morgan fingerprint density at radius 3 is 2.53 bits per heavy atom. The molecule has 36 heavy (non-hydrogen) atoms. The molecule has 0 saturated carbocycles. The van der Waals surface area contributed by atoms with Crippen molar-refractivity contribution in [3.05, 3.63) is 42.1 Å². The van der Waals surface area contributed by atoms with E-state index in [9.17, 15) is 36.1 Å². The average Bonchev–Trinajstić information content (AvgIpc) is 3.15. The standard InChI is InChI=1S/C17H12F5N3O3.C5H11NOS/c18-16(19)28-11-3-1-2-10(5-11)14-15-12(4-9(8-26)6-23-15)25(24-14)7-13(27)17(20,21)22;1-5(6-2)3-8(7)4-5/h1-6,8,13,16,27H,7H2;6H,3-4H2,1-2H3. The summed E-state index contributed by atoms with van der Waals surface area (Å²) in [6.45, 7) is -1.90. The molecular formula is C22H23F5N4O4S. The van der Waals surface area contributed by atoms with E-state index < -0.39 is 36.2 Å². The number of rotatable bonds is 7. The van der Waals surface area contributed by atoms with Gasteiger partial charge >= 0.3 is 12.8 Å². The van der Waals surface area contributed by atoms with E-state index in [1.54, 1.807) is 0 Å². The monoisotopic (exact) mass is 534 g/mol. The number of hydrogen-bond acceptors (Lipinski definition) is 7. The molecule has 0 amide bonds. The fourth-order valence-corrected chi connectivity index (χ4v) is 4.99. The molecule has 14 heteroatoms. The van der Waals surface area contributed by atoms with E-state index in [1.165, 1.54) is 36.5 Å². The minimum absolute atomic E-state index is 0.0723. The van der Waals surface area contributed by atoms with Gasteiger partial charge in [0.05, 0.1) is 12.1 Å². The Hall–Kier alpha value is -2.97. The maximum atomic E-state index is 12.7. The lowest BCUT2D eigenvalue weighted by molar-refractivity contribution is -0.207. The summed E-state index contributed by atoms with van der Waals surface area (Å²) in [4.78, 5) is 15.0. The number of carbonyl (C=O) groups is 1. The number of pyridine rings is 1. The fraction of sp³-hybridized carbons (Fsp3) is 0.409. The van der Waals surface area contributed by atoms with Crippen LogP contribution >= 0.6 is 0 Å². The van der Waals surface area contributed by atoms with Crippen molar-refractivity contribution in [2.75, 3.05) is 18.6 Å². The van der Waals surface area contributed by atoms with Gasteiger partial charge in [0.1, 0.15) is 17.0 Å². The van der Waals surface area contributed by atoms with Gasteiger partial charge in [-0.05, 0) is 32.2 Å². The van der Waals surface area contributed by atoms with Gasteiger partial charge in [-0.15, -0.1) is 0 Å². The zero-order valence-electron chi connectivity index (χ0n) is 19.1. The van der Waals surface area contributed by atoms with Crippen molar-refractivity contribution < 1.29 is 40.8 Å². The van der Waals surface area contributed by atoms with E-state index in [0.717, 1.165) is 16.2 Å². The number of alkyl halides is 5. The second-order valence-corrected chi connectivity index (χ2v) is 9.74. The molecule has 3 aromatic rings. The predicted molar refractivity (Wildman–Crippen MR) is 122 cm³/mol. The molecular weight excluding hydrogens is 511 g/mol. The maximum absolute atomic E-state index is 12.7. The summed E-state index contributed by atoms with van der Waals surface area (Å²) in [6.07, 6.45) is -5.92. The van der Waals surface area contributed by atoms with E-state index in [1.807, 2.05) is 7.05 Å². The van der Waals surface area contributed by atoms with Gasteiger partial charge in [-0.1, -0.05) is 12.1 Å². The Kier molecular flexibility index (Phi) is 8.41. The Morgan fingerprint density at radius 1 is 1.31 bits per heavy atom. The minimum atomic E-state index is -4.88. The summed E-state index contributed by atoms with van der Waals surface area (Å²) in [6, 6.07) is 6.67. The van der Waals surface area contributed by atoms with Crippen LogP contribution in [0, 0.1) is 0 Å². The number of nitrogens with one attached hydrogen (secondary N) is 1. The molecule has 196 valence electrons. The highest BCUT2D eigenvalue weighted by molar-refractivity contribution is 7.86. The van der Waals surface area contributed by atoms with Crippen LogP contribution in [0.3, 0.4) is 0 Å². The number of carbonyl (C=O) groups excluding carboxylic acids is 1. The van der Waals surface area contributed by atoms with E-state index in [2.05, 4.69) is 27.1 Å². The zero-order chi connectivity index (χ0) is 26.7. The highest BCUT2D eigenvalue weighted by Crippen LogP contribution is 2.31. The summed E-state index contributed by atoms with van der Waals surface area (Å²) in [7, 11) is 1.39. The number of aliphatic hydroxyl groups is 1. The SMILES string of the molecule is CNC1(C)CS(=O)C1.O=Cc1cnc2c(-c3cccc(OC(F)F)c3)nn(CC(O)C(F)(F)F)c2c1. The molecule has 1 aliphatic rings. The molecule has 2 aromatic heterocycles. The van der Waals surface area contributed by atoms with E-state index in [-0.39, 0.29) is 39.1 Å². The Bertz CT molecular complexity index is 1240. The summed E-state index contributed by atoms with van der Waals surface area (Å²) < 4.78 is 78.8. The number of benzene rings is 1. The second-order valence-electron chi connectivity index (χ2n) is 8.29. The lowest BCUT2D eigenvalue weighted by Gasteiger charge is -2.36. The number of fused-ring (bicyclic) bond motifs is 1. The van der Waals surface area contributed by atoms with E-state index >= 15 is 0 Å². The van der Waals surface area contributed by atoms with Crippen molar-refractivity contribution in [2.45, 2.75) is 37.9 Å². The van der Waals surface area contributed by atoms with Gasteiger partial charge in [0.15, 0.2) is 12.4 Å².